The Balaban J connectivity index is 1.65. The van der Waals surface area contributed by atoms with Crippen LogP contribution in [0, 0.1) is 5.82 Å². The Morgan fingerprint density at radius 1 is 0.889 bits per heavy atom. The zero-order valence-electron chi connectivity index (χ0n) is 14.4. The van der Waals surface area contributed by atoms with Gasteiger partial charge in [0.1, 0.15) is 5.82 Å². The Morgan fingerprint density at radius 3 is 2.19 bits per heavy atom. The number of sulfonamides is 1. The summed E-state index contributed by atoms with van der Waals surface area (Å²) in [6.45, 7) is 0.0328. The van der Waals surface area contributed by atoms with E-state index in [2.05, 4.69) is 15.6 Å². The van der Waals surface area contributed by atoms with Crippen molar-refractivity contribution in [2.75, 3.05) is 6.54 Å². The molecule has 0 saturated heterocycles. The first-order chi connectivity index (χ1) is 12.9. The minimum absolute atomic E-state index is 0.0254. The molecule has 144 valence electrons. The Kier molecular flexibility index (Phi) is 7.44. The van der Waals surface area contributed by atoms with Crippen LogP contribution in [0.3, 0.4) is 0 Å². The van der Waals surface area contributed by atoms with E-state index in [-0.39, 0.29) is 36.6 Å². The Morgan fingerprint density at radius 2 is 1.52 bits per heavy atom. The second-order valence-electron chi connectivity index (χ2n) is 5.71. The Labute approximate surface area is 157 Å². The predicted octanol–water partition coefficient (Wildman–Crippen LogP) is 1.27. The molecule has 9 heteroatoms. The predicted molar refractivity (Wildman–Crippen MR) is 97.3 cm³/mol. The van der Waals surface area contributed by atoms with Gasteiger partial charge in [-0.3, -0.25) is 20.4 Å². The summed E-state index contributed by atoms with van der Waals surface area (Å²) in [6, 6.07) is 13.5. The SMILES string of the molecule is O=C(CCCNS(=O)(=O)c1ccc(F)cc1)NNC(=O)Cc1ccccc1. The van der Waals surface area contributed by atoms with Crippen LogP contribution in [0.25, 0.3) is 0 Å². The van der Waals surface area contributed by atoms with Gasteiger partial charge in [0.25, 0.3) is 0 Å². The second-order valence-corrected chi connectivity index (χ2v) is 7.48. The number of hydrazine groups is 1. The molecule has 2 aromatic carbocycles. The molecule has 0 bridgehead atoms. The lowest BCUT2D eigenvalue weighted by atomic mass is 10.1. The summed E-state index contributed by atoms with van der Waals surface area (Å²) in [5.41, 5.74) is 5.41. The van der Waals surface area contributed by atoms with Gasteiger partial charge in [0, 0.05) is 13.0 Å². The number of nitrogens with one attached hydrogen (secondary N) is 3. The molecule has 0 spiro atoms. The third-order valence-electron chi connectivity index (χ3n) is 3.55. The summed E-state index contributed by atoms with van der Waals surface area (Å²) in [4.78, 5) is 23.3. The maximum absolute atomic E-state index is 12.8. The van der Waals surface area contributed by atoms with E-state index in [9.17, 15) is 22.4 Å². The van der Waals surface area contributed by atoms with Gasteiger partial charge in [-0.15, -0.1) is 0 Å². The standard InChI is InChI=1S/C18H20FN3O4S/c19-15-8-10-16(11-9-15)27(25,26)20-12-4-7-17(23)21-22-18(24)13-14-5-2-1-3-6-14/h1-3,5-6,8-11,20H,4,7,12-13H2,(H,21,23)(H,22,24). The maximum Gasteiger partial charge on any atom is 0.242 e. The summed E-state index contributed by atoms with van der Waals surface area (Å²) in [5.74, 6) is -1.32. The van der Waals surface area contributed by atoms with Crippen LogP contribution in [-0.4, -0.2) is 26.8 Å². The van der Waals surface area contributed by atoms with Crippen molar-refractivity contribution in [2.24, 2.45) is 0 Å². The molecule has 2 rings (SSSR count). The van der Waals surface area contributed by atoms with Crippen LogP contribution < -0.4 is 15.6 Å². The summed E-state index contributed by atoms with van der Waals surface area (Å²) < 4.78 is 39.1. The Bertz CT molecular complexity index is 871. The van der Waals surface area contributed by atoms with Gasteiger partial charge < -0.3 is 0 Å². The highest BCUT2D eigenvalue weighted by atomic mass is 32.2. The molecule has 0 aliphatic carbocycles. The lowest BCUT2D eigenvalue weighted by molar-refractivity contribution is -0.128. The normalized spacial score (nSPS) is 11.0. The van der Waals surface area contributed by atoms with E-state index in [1.807, 2.05) is 18.2 Å². The van der Waals surface area contributed by atoms with Gasteiger partial charge in [-0.25, -0.2) is 17.5 Å². The molecular formula is C18H20FN3O4S. The number of hydrogen-bond donors (Lipinski definition) is 3. The van der Waals surface area contributed by atoms with Crippen molar-refractivity contribution in [1.29, 1.82) is 0 Å². The third-order valence-corrected chi connectivity index (χ3v) is 5.02. The monoisotopic (exact) mass is 393 g/mol. The zero-order valence-corrected chi connectivity index (χ0v) is 15.3. The molecule has 0 unspecified atom stereocenters. The molecule has 0 aliphatic rings. The molecule has 0 fully saturated rings. The molecular weight excluding hydrogens is 373 g/mol. The van der Waals surface area contributed by atoms with Crippen molar-refractivity contribution in [2.45, 2.75) is 24.2 Å². The molecule has 0 atom stereocenters. The fourth-order valence-corrected chi connectivity index (χ4v) is 3.25. The number of rotatable bonds is 8. The number of benzene rings is 2. The van der Waals surface area contributed by atoms with Gasteiger partial charge >= 0.3 is 0 Å². The van der Waals surface area contributed by atoms with Crippen LogP contribution in [0.1, 0.15) is 18.4 Å². The largest absolute Gasteiger partial charge is 0.273 e. The van der Waals surface area contributed by atoms with E-state index >= 15 is 0 Å². The first-order valence-electron chi connectivity index (χ1n) is 8.24. The van der Waals surface area contributed by atoms with Crippen molar-refractivity contribution >= 4 is 21.8 Å². The molecule has 27 heavy (non-hydrogen) atoms. The highest BCUT2D eigenvalue weighted by molar-refractivity contribution is 7.89. The summed E-state index contributed by atoms with van der Waals surface area (Å²) in [5, 5.41) is 0. The molecule has 0 aromatic heterocycles. The van der Waals surface area contributed by atoms with Crippen LogP contribution >= 0.6 is 0 Å². The van der Waals surface area contributed by atoms with Gasteiger partial charge in [-0.05, 0) is 36.2 Å². The van der Waals surface area contributed by atoms with Gasteiger partial charge in [-0.2, -0.15) is 0 Å². The van der Waals surface area contributed by atoms with Gasteiger partial charge in [0.15, 0.2) is 0 Å². The minimum atomic E-state index is -3.75. The van der Waals surface area contributed by atoms with Crippen LogP contribution in [0.2, 0.25) is 0 Å². The number of carbonyl (C=O) groups excluding carboxylic acids is 2. The molecule has 0 aliphatic heterocycles. The molecule has 0 heterocycles. The van der Waals surface area contributed by atoms with Crippen LogP contribution in [0.4, 0.5) is 4.39 Å². The second kappa shape index (κ2) is 9.79. The van der Waals surface area contributed by atoms with Crippen molar-refractivity contribution in [3.05, 3.63) is 66.0 Å². The van der Waals surface area contributed by atoms with E-state index in [0.29, 0.717) is 0 Å². The fraction of sp³-hybridized carbons (Fsp3) is 0.222. The van der Waals surface area contributed by atoms with E-state index < -0.39 is 21.7 Å². The van der Waals surface area contributed by atoms with Gasteiger partial charge in [0.05, 0.1) is 11.3 Å². The summed E-state index contributed by atoms with van der Waals surface area (Å²) >= 11 is 0. The zero-order chi connectivity index (χ0) is 19.7. The highest BCUT2D eigenvalue weighted by Crippen LogP contribution is 2.09. The molecule has 7 nitrogen and oxygen atoms in total. The van der Waals surface area contributed by atoms with Crippen LogP contribution in [0.5, 0.6) is 0 Å². The van der Waals surface area contributed by atoms with E-state index in [1.54, 1.807) is 12.1 Å². The number of amides is 2. The number of carbonyl (C=O) groups is 2. The average molecular weight is 393 g/mol. The minimum Gasteiger partial charge on any atom is -0.273 e. The van der Waals surface area contributed by atoms with Crippen molar-refractivity contribution in [3.63, 3.8) is 0 Å². The van der Waals surface area contributed by atoms with Crippen molar-refractivity contribution in [1.82, 2.24) is 15.6 Å². The lowest BCUT2D eigenvalue weighted by Crippen LogP contribution is -2.42. The quantitative estimate of drug-likeness (QED) is 0.464. The average Bonchev–Trinajstić information content (AvgIpc) is 2.65. The van der Waals surface area contributed by atoms with Crippen LogP contribution in [0.15, 0.2) is 59.5 Å². The summed E-state index contributed by atoms with van der Waals surface area (Å²) in [7, 11) is -3.75. The fourth-order valence-electron chi connectivity index (χ4n) is 2.18. The Hall–Kier alpha value is -2.78. The van der Waals surface area contributed by atoms with E-state index in [4.69, 9.17) is 0 Å². The van der Waals surface area contributed by atoms with Gasteiger partial charge in [-0.1, -0.05) is 30.3 Å². The summed E-state index contributed by atoms with van der Waals surface area (Å²) in [6.07, 6.45) is 0.400. The van der Waals surface area contributed by atoms with E-state index in [1.165, 1.54) is 0 Å². The molecule has 2 amide bonds. The maximum atomic E-state index is 12.8. The van der Waals surface area contributed by atoms with E-state index in [0.717, 1.165) is 29.8 Å². The molecule has 0 radical (unpaired) electrons. The van der Waals surface area contributed by atoms with Gasteiger partial charge in [0.2, 0.25) is 21.8 Å². The number of halogens is 1. The molecule has 2 aromatic rings. The third kappa shape index (κ3) is 7.16. The van der Waals surface area contributed by atoms with Crippen molar-refractivity contribution < 1.29 is 22.4 Å². The highest BCUT2D eigenvalue weighted by Gasteiger charge is 2.13. The first kappa shape index (κ1) is 20.5. The molecule has 0 saturated carbocycles. The number of hydrogen-bond acceptors (Lipinski definition) is 4. The topological polar surface area (TPSA) is 104 Å². The lowest BCUT2D eigenvalue weighted by Gasteiger charge is -2.08. The molecule has 3 N–H and O–H groups in total. The van der Waals surface area contributed by atoms with Crippen molar-refractivity contribution in [3.8, 4) is 0 Å². The first-order valence-corrected chi connectivity index (χ1v) is 9.72. The smallest absolute Gasteiger partial charge is 0.242 e. The van der Waals surface area contributed by atoms with Crippen LogP contribution in [-0.2, 0) is 26.0 Å².